The smallest absolute Gasteiger partial charge is 0.422 e. The summed E-state index contributed by atoms with van der Waals surface area (Å²) in [6, 6.07) is 14.0. The van der Waals surface area contributed by atoms with E-state index in [9.17, 15) is 18.0 Å². The Morgan fingerprint density at radius 2 is 1.90 bits per heavy atom. The van der Waals surface area contributed by atoms with Crippen molar-refractivity contribution in [3.63, 3.8) is 0 Å². The molecule has 1 amide bonds. The molecule has 1 heterocycles. The Bertz CT molecular complexity index is 1010. The summed E-state index contributed by atoms with van der Waals surface area (Å²) in [7, 11) is 3.98. The quantitative estimate of drug-likeness (QED) is 0.599. The van der Waals surface area contributed by atoms with E-state index in [4.69, 9.17) is 4.74 Å². The molecule has 0 aliphatic carbocycles. The third kappa shape index (κ3) is 5.76. The molecule has 1 N–H and O–H groups in total. The number of hydrogen-bond acceptors (Lipinski definition) is 3. The molecule has 0 bridgehead atoms. The van der Waals surface area contributed by atoms with Crippen LogP contribution in [0.15, 0.2) is 54.7 Å². The second kappa shape index (κ2) is 9.21. The molecule has 0 radical (unpaired) electrons. The molecule has 3 rings (SSSR count). The average molecular weight is 419 g/mol. The van der Waals surface area contributed by atoms with Crippen LogP contribution >= 0.6 is 0 Å². The number of carbonyl (C=O) groups excluding carboxylic acids is 1. The van der Waals surface area contributed by atoms with Crippen molar-refractivity contribution in [2.45, 2.75) is 19.3 Å². The summed E-state index contributed by atoms with van der Waals surface area (Å²) in [4.78, 5) is 14.9. The summed E-state index contributed by atoms with van der Waals surface area (Å²) < 4.78 is 43.8. The number of rotatable bonds is 8. The number of para-hydroxylation sites is 1. The first-order valence-corrected chi connectivity index (χ1v) is 9.52. The molecule has 0 aliphatic heterocycles. The maximum Gasteiger partial charge on any atom is 0.422 e. The number of nitrogens with one attached hydrogen (secondary N) is 1. The number of nitrogens with zero attached hydrogens (tertiary/aromatic N) is 2. The predicted molar refractivity (Wildman–Crippen MR) is 110 cm³/mol. The highest BCUT2D eigenvalue weighted by molar-refractivity contribution is 6.07. The van der Waals surface area contributed by atoms with Gasteiger partial charge in [0, 0.05) is 36.7 Å². The van der Waals surface area contributed by atoms with Gasteiger partial charge < -0.3 is 19.5 Å². The van der Waals surface area contributed by atoms with Crippen molar-refractivity contribution in [3.8, 4) is 5.75 Å². The SMILES string of the molecule is CN(C)CCn1cc(C(=O)NCc2cccc(OCC(F)(F)F)c2)c2ccccc21. The van der Waals surface area contributed by atoms with Crippen LogP contribution in [0.3, 0.4) is 0 Å². The molecule has 0 aliphatic rings. The van der Waals surface area contributed by atoms with Gasteiger partial charge in [0.25, 0.3) is 5.91 Å². The number of likely N-dealkylation sites (N-methyl/N-ethyl adjacent to an activating group) is 1. The first kappa shape index (κ1) is 21.7. The van der Waals surface area contributed by atoms with E-state index in [-0.39, 0.29) is 18.2 Å². The number of hydrogen-bond donors (Lipinski definition) is 1. The molecule has 0 atom stereocenters. The van der Waals surface area contributed by atoms with Gasteiger partial charge in [0.15, 0.2) is 6.61 Å². The largest absolute Gasteiger partial charge is 0.484 e. The maximum atomic E-state index is 12.8. The van der Waals surface area contributed by atoms with Gasteiger partial charge in [-0.3, -0.25) is 4.79 Å². The van der Waals surface area contributed by atoms with Crippen molar-refractivity contribution in [2.75, 3.05) is 27.2 Å². The van der Waals surface area contributed by atoms with Crippen molar-refractivity contribution in [2.24, 2.45) is 0 Å². The van der Waals surface area contributed by atoms with E-state index < -0.39 is 12.8 Å². The van der Waals surface area contributed by atoms with E-state index in [1.807, 2.05) is 44.6 Å². The molecule has 160 valence electrons. The highest BCUT2D eigenvalue weighted by Gasteiger charge is 2.28. The third-order valence-electron chi connectivity index (χ3n) is 4.58. The van der Waals surface area contributed by atoms with Crippen molar-refractivity contribution < 1.29 is 22.7 Å². The number of ether oxygens (including phenoxy) is 1. The fourth-order valence-electron chi connectivity index (χ4n) is 3.11. The summed E-state index contributed by atoms with van der Waals surface area (Å²) in [5.41, 5.74) is 2.19. The molecule has 0 unspecified atom stereocenters. The summed E-state index contributed by atoms with van der Waals surface area (Å²) in [6.07, 6.45) is -2.56. The second-order valence-corrected chi connectivity index (χ2v) is 7.29. The Morgan fingerprint density at radius 1 is 1.13 bits per heavy atom. The first-order valence-electron chi connectivity index (χ1n) is 9.52. The van der Waals surface area contributed by atoms with Gasteiger partial charge in [0.05, 0.1) is 5.56 Å². The molecule has 0 fully saturated rings. The van der Waals surface area contributed by atoms with Gasteiger partial charge in [-0.2, -0.15) is 13.2 Å². The number of alkyl halides is 3. The number of fused-ring (bicyclic) bond motifs is 1. The van der Waals surface area contributed by atoms with E-state index in [0.29, 0.717) is 11.1 Å². The number of aromatic nitrogens is 1. The zero-order chi connectivity index (χ0) is 21.7. The van der Waals surface area contributed by atoms with Crippen LogP contribution in [-0.2, 0) is 13.1 Å². The van der Waals surface area contributed by atoms with Crippen LogP contribution in [0.5, 0.6) is 5.75 Å². The Labute approximate surface area is 173 Å². The van der Waals surface area contributed by atoms with Crippen molar-refractivity contribution in [3.05, 3.63) is 65.9 Å². The lowest BCUT2D eigenvalue weighted by Gasteiger charge is -2.11. The molecule has 0 spiro atoms. The van der Waals surface area contributed by atoms with E-state index in [0.717, 1.165) is 24.0 Å². The van der Waals surface area contributed by atoms with Gasteiger partial charge >= 0.3 is 6.18 Å². The van der Waals surface area contributed by atoms with Crippen LogP contribution in [0.2, 0.25) is 0 Å². The normalized spacial score (nSPS) is 11.8. The topological polar surface area (TPSA) is 46.5 Å². The van der Waals surface area contributed by atoms with Crippen LogP contribution in [0.1, 0.15) is 15.9 Å². The first-order chi connectivity index (χ1) is 14.2. The monoisotopic (exact) mass is 419 g/mol. The molecular weight excluding hydrogens is 395 g/mol. The number of benzene rings is 2. The van der Waals surface area contributed by atoms with Crippen molar-refractivity contribution in [1.82, 2.24) is 14.8 Å². The lowest BCUT2D eigenvalue weighted by molar-refractivity contribution is -0.153. The van der Waals surface area contributed by atoms with Crippen LogP contribution in [0.25, 0.3) is 10.9 Å². The zero-order valence-corrected chi connectivity index (χ0v) is 16.9. The van der Waals surface area contributed by atoms with Gasteiger partial charge in [-0.15, -0.1) is 0 Å². The molecule has 2 aromatic carbocycles. The standard InChI is InChI=1S/C22H24F3N3O2/c1-27(2)10-11-28-14-19(18-8-3-4-9-20(18)28)21(29)26-13-16-6-5-7-17(12-16)30-15-22(23,24)25/h3-9,12,14H,10-11,13,15H2,1-2H3,(H,26,29). The minimum Gasteiger partial charge on any atom is -0.484 e. The number of halogens is 3. The van der Waals surface area contributed by atoms with Crippen LogP contribution in [-0.4, -0.2) is 48.8 Å². The summed E-state index contributed by atoms with van der Waals surface area (Å²) in [6.45, 7) is 0.415. The Balaban J connectivity index is 1.70. The van der Waals surface area contributed by atoms with E-state index in [1.165, 1.54) is 12.1 Å². The zero-order valence-electron chi connectivity index (χ0n) is 16.9. The highest BCUT2D eigenvalue weighted by atomic mass is 19.4. The number of carbonyl (C=O) groups is 1. The van der Waals surface area contributed by atoms with E-state index in [1.54, 1.807) is 12.1 Å². The second-order valence-electron chi connectivity index (χ2n) is 7.29. The summed E-state index contributed by atoms with van der Waals surface area (Å²) >= 11 is 0. The number of amides is 1. The van der Waals surface area contributed by atoms with Gasteiger partial charge in [-0.05, 0) is 37.9 Å². The highest BCUT2D eigenvalue weighted by Crippen LogP contribution is 2.22. The molecule has 30 heavy (non-hydrogen) atoms. The summed E-state index contributed by atoms with van der Waals surface area (Å²) in [5, 5.41) is 3.70. The molecule has 1 aromatic heterocycles. The maximum absolute atomic E-state index is 12.8. The fraction of sp³-hybridized carbons (Fsp3) is 0.318. The molecule has 8 heteroatoms. The molecule has 3 aromatic rings. The lowest BCUT2D eigenvalue weighted by Crippen LogP contribution is -2.23. The molecule has 0 saturated carbocycles. The molecule has 0 saturated heterocycles. The van der Waals surface area contributed by atoms with Crippen LogP contribution in [0, 0.1) is 0 Å². The molecular formula is C22H24F3N3O2. The Morgan fingerprint density at radius 3 is 2.63 bits per heavy atom. The van der Waals surface area contributed by atoms with Gasteiger partial charge in [0.1, 0.15) is 5.75 Å². The van der Waals surface area contributed by atoms with Crippen LogP contribution in [0.4, 0.5) is 13.2 Å². The minimum absolute atomic E-state index is 0.111. The van der Waals surface area contributed by atoms with Gasteiger partial charge in [-0.25, -0.2) is 0 Å². The van der Waals surface area contributed by atoms with Crippen molar-refractivity contribution in [1.29, 1.82) is 0 Å². The van der Waals surface area contributed by atoms with Crippen molar-refractivity contribution >= 4 is 16.8 Å². The lowest BCUT2D eigenvalue weighted by atomic mass is 10.1. The third-order valence-corrected chi connectivity index (χ3v) is 4.58. The minimum atomic E-state index is -4.40. The molecule has 5 nitrogen and oxygen atoms in total. The van der Waals surface area contributed by atoms with E-state index >= 15 is 0 Å². The van der Waals surface area contributed by atoms with E-state index in [2.05, 4.69) is 14.8 Å². The van der Waals surface area contributed by atoms with Gasteiger partial charge in [-0.1, -0.05) is 30.3 Å². The van der Waals surface area contributed by atoms with Gasteiger partial charge in [0.2, 0.25) is 0 Å². The van der Waals surface area contributed by atoms with Crippen LogP contribution < -0.4 is 10.1 Å². The fourth-order valence-corrected chi connectivity index (χ4v) is 3.11. The summed E-state index contributed by atoms with van der Waals surface area (Å²) in [5.74, 6) is -0.129. The average Bonchev–Trinajstić information content (AvgIpc) is 3.08. The predicted octanol–water partition coefficient (Wildman–Crippen LogP) is 4.07. The Hall–Kier alpha value is -3.00. The Kier molecular flexibility index (Phi) is 6.66.